The topological polar surface area (TPSA) is 93.7 Å². The number of nitrogens with one attached hydrogen (secondary N) is 2. The van der Waals surface area contributed by atoms with Crippen molar-refractivity contribution < 1.29 is 9.59 Å². The lowest BCUT2D eigenvalue weighted by Crippen LogP contribution is -2.55. The summed E-state index contributed by atoms with van der Waals surface area (Å²) in [5.74, 6) is 1.38. The van der Waals surface area contributed by atoms with E-state index >= 15 is 0 Å². The molecule has 2 aromatic rings. The number of carbonyl (C=O) groups excluding carboxylic acids is 2. The van der Waals surface area contributed by atoms with Crippen LogP contribution in [0.25, 0.3) is 0 Å². The largest absolute Gasteiger partial charge is 0.349 e. The maximum atomic E-state index is 13.1. The van der Waals surface area contributed by atoms with Gasteiger partial charge in [-0.1, -0.05) is 19.3 Å². The molecule has 2 N–H and O–H groups in total. The molecule has 4 heterocycles. The summed E-state index contributed by atoms with van der Waals surface area (Å²) in [5.41, 5.74) is 3.24. The molecule has 0 radical (unpaired) electrons. The van der Waals surface area contributed by atoms with E-state index in [4.69, 9.17) is 4.98 Å². The molecule has 1 saturated carbocycles. The van der Waals surface area contributed by atoms with Crippen molar-refractivity contribution in [1.82, 2.24) is 20.2 Å². The summed E-state index contributed by atoms with van der Waals surface area (Å²) >= 11 is 0. The molecule has 3 atom stereocenters. The molecule has 4 aliphatic rings. The van der Waals surface area contributed by atoms with E-state index in [2.05, 4.69) is 32.5 Å². The van der Waals surface area contributed by atoms with Gasteiger partial charge in [0.25, 0.3) is 5.91 Å². The van der Waals surface area contributed by atoms with Crippen LogP contribution in [-0.2, 0) is 4.79 Å². The van der Waals surface area contributed by atoms with Crippen molar-refractivity contribution in [2.45, 2.75) is 102 Å². The van der Waals surface area contributed by atoms with Gasteiger partial charge in [-0.25, -0.2) is 4.98 Å². The Morgan fingerprint density at radius 1 is 1.00 bits per heavy atom. The van der Waals surface area contributed by atoms with E-state index in [0.717, 1.165) is 48.4 Å². The number of fused-ring (bicyclic) bond motifs is 3. The maximum Gasteiger partial charge on any atom is 0.251 e. The molecule has 6 rings (SSSR count). The van der Waals surface area contributed by atoms with E-state index in [9.17, 15) is 9.59 Å². The predicted octanol–water partition coefficient (Wildman–Crippen LogP) is 4.39. The van der Waals surface area contributed by atoms with Gasteiger partial charge in [0.05, 0.1) is 6.20 Å². The number of likely N-dealkylation sites (N-methyl/N-ethyl adjacent to an activating group) is 1. The molecule has 208 valence electrons. The van der Waals surface area contributed by atoms with Crippen LogP contribution < -0.4 is 20.4 Å². The van der Waals surface area contributed by atoms with Gasteiger partial charge >= 0.3 is 0 Å². The first-order chi connectivity index (χ1) is 18.8. The second-order valence-electron chi connectivity index (χ2n) is 12.0. The van der Waals surface area contributed by atoms with Crippen LogP contribution in [0.1, 0.15) is 80.6 Å². The Balaban J connectivity index is 1.18. The van der Waals surface area contributed by atoms with Crippen LogP contribution in [0.2, 0.25) is 0 Å². The van der Waals surface area contributed by atoms with Crippen molar-refractivity contribution in [3.63, 3.8) is 0 Å². The van der Waals surface area contributed by atoms with Crippen molar-refractivity contribution in [3.8, 4) is 0 Å². The lowest BCUT2D eigenvalue weighted by Gasteiger charge is -2.44. The molecule has 9 heteroatoms. The first-order valence-corrected chi connectivity index (χ1v) is 14.6. The van der Waals surface area contributed by atoms with E-state index in [1.54, 1.807) is 18.1 Å². The van der Waals surface area contributed by atoms with Gasteiger partial charge in [-0.2, -0.15) is 4.98 Å². The van der Waals surface area contributed by atoms with Crippen LogP contribution in [-0.4, -0.2) is 71.0 Å². The van der Waals surface area contributed by atoms with Crippen LogP contribution in [0.15, 0.2) is 24.4 Å². The molecule has 9 nitrogen and oxygen atoms in total. The van der Waals surface area contributed by atoms with Gasteiger partial charge in [-0.3, -0.25) is 9.59 Å². The van der Waals surface area contributed by atoms with Gasteiger partial charge in [0.2, 0.25) is 11.9 Å². The number of nitrogens with zero attached hydrogens (tertiary/aromatic N) is 5. The van der Waals surface area contributed by atoms with Crippen molar-refractivity contribution in [2.24, 2.45) is 0 Å². The Kier molecular flexibility index (Phi) is 6.95. The van der Waals surface area contributed by atoms with E-state index in [0.29, 0.717) is 29.6 Å². The molecule has 1 aliphatic carbocycles. The van der Waals surface area contributed by atoms with Gasteiger partial charge in [-0.15, -0.1) is 0 Å². The lowest BCUT2D eigenvalue weighted by atomic mass is 9.92. The Labute approximate surface area is 231 Å². The zero-order valence-corrected chi connectivity index (χ0v) is 23.6. The van der Waals surface area contributed by atoms with E-state index in [-0.39, 0.29) is 23.9 Å². The molecular weight excluding hydrogens is 490 g/mol. The number of piperidine rings is 1. The molecule has 39 heavy (non-hydrogen) atoms. The van der Waals surface area contributed by atoms with Crippen LogP contribution in [0.3, 0.4) is 0 Å². The third-order valence-electron chi connectivity index (χ3n) is 9.60. The van der Waals surface area contributed by atoms with Crippen molar-refractivity contribution in [1.29, 1.82) is 0 Å². The van der Waals surface area contributed by atoms with Gasteiger partial charge in [-0.05, 0) is 83.2 Å². The minimum Gasteiger partial charge on any atom is -0.349 e. The summed E-state index contributed by atoms with van der Waals surface area (Å²) in [7, 11) is 4.02. The highest BCUT2D eigenvalue weighted by molar-refractivity contribution is 6.04. The Morgan fingerprint density at radius 3 is 2.41 bits per heavy atom. The molecule has 3 fully saturated rings. The van der Waals surface area contributed by atoms with Crippen molar-refractivity contribution in [2.75, 3.05) is 29.2 Å². The Morgan fingerprint density at radius 2 is 1.72 bits per heavy atom. The monoisotopic (exact) mass is 531 g/mol. The van der Waals surface area contributed by atoms with Crippen molar-refractivity contribution in [3.05, 3.63) is 35.5 Å². The Hall–Kier alpha value is -3.20. The second kappa shape index (κ2) is 10.4. The third kappa shape index (κ3) is 4.86. The average Bonchev–Trinajstić information content (AvgIpc) is 3.13. The molecule has 3 aliphatic heterocycles. The maximum absolute atomic E-state index is 13.1. The first-order valence-electron chi connectivity index (χ1n) is 14.6. The zero-order chi connectivity index (χ0) is 27.3. The number of amides is 2. The highest BCUT2D eigenvalue weighted by Crippen LogP contribution is 2.39. The fourth-order valence-electron chi connectivity index (χ4n) is 7.27. The predicted molar refractivity (Wildman–Crippen MR) is 154 cm³/mol. The first kappa shape index (κ1) is 26.0. The summed E-state index contributed by atoms with van der Waals surface area (Å²) in [4.78, 5) is 41.9. The fourth-order valence-corrected chi connectivity index (χ4v) is 7.27. The minimum atomic E-state index is -0.257. The molecule has 2 bridgehead atoms. The van der Waals surface area contributed by atoms with Gasteiger partial charge in [0, 0.05) is 42.5 Å². The molecule has 2 unspecified atom stereocenters. The summed E-state index contributed by atoms with van der Waals surface area (Å²) in [6.45, 7) is 3.98. The summed E-state index contributed by atoms with van der Waals surface area (Å²) < 4.78 is 0. The van der Waals surface area contributed by atoms with Crippen LogP contribution >= 0.6 is 0 Å². The van der Waals surface area contributed by atoms with Gasteiger partial charge in [0.15, 0.2) is 5.82 Å². The molecule has 1 aromatic carbocycles. The number of carbonyl (C=O) groups is 2. The summed E-state index contributed by atoms with van der Waals surface area (Å²) in [6, 6.07) is 7.22. The normalized spacial score (nSPS) is 27.4. The highest BCUT2D eigenvalue weighted by atomic mass is 16.2. The Bertz CT molecular complexity index is 1250. The molecule has 1 aromatic heterocycles. The quantitative estimate of drug-likeness (QED) is 0.591. The molecule has 2 amide bonds. The SMILES string of the molecule is Cc1cc(C(=O)NC2CC3CCC(C2)N3C)ccc1Nc1ncc2c(n1)N(C1CCCCC1)[C@H](C)C(=O)N2C. The smallest absolute Gasteiger partial charge is 0.251 e. The minimum absolute atomic E-state index is 0.00607. The van der Waals surface area contributed by atoms with E-state index in [1.165, 1.54) is 32.1 Å². The standard InChI is InChI=1S/C30H41N7O2/c1-18-14-20(28(38)32-21-15-23-11-12-24(16-21)35(23)3)10-13-25(18)33-30-31-17-26-27(34-30)37(19(2)29(39)36(26)4)22-8-6-5-7-9-22/h10,13-14,17,19,21-24H,5-9,11-12,15-16H2,1-4H3,(H,32,38)(H,31,33,34)/t19-,21?,23?,24?/m1/s1. The highest BCUT2D eigenvalue weighted by Gasteiger charge is 2.40. The molecular formula is C30H41N7O2. The number of hydrogen-bond donors (Lipinski definition) is 2. The van der Waals surface area contributed by atoms with Crippen LogP contribution in [0, 0.1) is 6.92 Å². The van der Waals surface area contributed by atoms with Crippen molar-refractivity contribution >= 4 is 35.0 Å². The second-order valence-corrected chi connectivity index (χ2v) is 12.0. The van der Waals surface area contributed by atoms with E-state index < -0.39 is 0 Å². The number of hydrogen-bond acceptors (Lipinski definition) is 7. The fraction of sp³-hybridized carbons (Fsp3) is 0.600. The number of benzene rings is 1. The number of rotatable bonds is 5. The third-order valence-corrected chi connectivity index (χ3v) is 9.60. The molecule has 0 spiro atoms. The number of anilines is 4. The lowest BCUT2D eigenvalue weighted by molar-refractivity contribution is -0.119. The molecule has 2 saturated heterocycles. The van der Waals surface area contributed by atoms with E-state index in [1.807, 2.05) is 32.0 Å². The summed E-state index contributed by atoms with van der Waals surface area (Å²) in [6.07, 6.45) is 12.1. The number of aryl methyl sites for hydroxylation is 1. The zero-order valence-electron chi connectivity index (χ0n) is 23.6. The van der Waals surface area contributed by atoms with Crippen LogP contribution in [0.4, 0.5) is 23.1 Å². The van der Waals surface area contributed by atoms with Crippen LogP contribution in [0.5, 0.6) is 0 Å². The van der Waals surface area contributed by atoms with Gasteiger partial charge in [0.1, 0.15) is 11.7 Å². The number of aromatic nitrogens is 2. The average molecular weight is 532 g/mol. The summed E-state index contributed by atoms with van der Waals surface area (Å²) in [5, 5.41) is 6.66. The van der Waals surface area contributed by atoms with Gasteiger partial charge < -0.3 is 25.3 Å².